The normalized spacial score (nSPS) is 10.5. The number of aromatic nitrogens is 1. The monoisotopic (exact) mass is 263 g/mol. The smallest absolute Gasteiger partial charge is 0.303 e. The number of aryl methyl sites for hydroxylation is 1. The molecule has 0 bridgehead atoms. The van der Waals surface area contributed by atoms with E-state index in [4.69, 9.17) is 9.63 Å². The summed E-state index contributed by atoms with van der Waals surface area (Å²) in [4.78, 5) is 11.6. The Morgan fingerprint density at radius 2 is 2.11 bits per heavy atom. The molecule has 0 aliphatic rings. The number of benzene rings is 1. The topological polar surface area (TPSA) is 63.3 Å². The summed E-state index contributed by atoms with van der Waals surface area (Å²) in [6.45, 7) is 0. The third kappa shape index (κ3) is 3.13. The van der Waals surface area contributed by atoms with E-state index >= 15 is 0 Å². The van der Waals surface area contributed by atoms with Crippen molar-refractivity contribution >= 4 is 17.7 Å². The van der Waals surface area contributed by atoms with Gasteiger partial charge in [0.15, 0.2) is 5.76 Å². The highest BCUT2D eigenvalue weighted by molar-refractivity contribution is 7.98. The number of aliphatic carboxylic acids is 1. The fourth-order valence-electron chi connectivity index (χ4n) is 1.56. The maximum Gasteiger partial charge on any atom is 0.303 e. The third-order valence-electron chi connectivity index (χ3n) is 2.53. The molecule has 0 fully saturated rings. The molecule has 1 aromatic heterocycles. The van der Waals surface area contributed by atoms with Crippen LogP contribution in [-0.4, -0.2) is 22.5 Å². The Hall–Kier alpha value is -1.75. The van der Waals surface area contributed by atoms with Crippen LogP contribution in [0, 0.1) is 0 Å². The second-order valence-electron chi connectivity index (χ2n) is 3.80. The van der Waals surface area contributed by atoms with Crippen LogP contribution in [0.5, 0.6) is 0 Å². The Balaban J connectivity index is 2.10. The molecule has 94 valence electrons. The number of hydrogen-bond donors (Lipinski definition) is 1. The molecule has 1 N–H and O–H groups in total. The first-order valence-electron chi connectivity index (χ1n) is 5.51. The van der Waals surface area contributed by atoms with Crippen LogP contribution in [0.1, 0.15) is 12.1 Å². The van der Waals surface area contributed by atoms with Crippen molar-refractivity contribution in [2.24, 2.45) is 0 Å². The minimum absolute atomic E-state index is 0.0669. The van der Waals surface area contributed by atoms with Gasteiger partial charge in [0.25, 0.3) is 0 Å². The first kappa shape index (κ1) is 12.7. The third-order valence-corrected chi connectivity index (χ3v) is 3.27. The lowest BCUT2D eigenvalue weighted by atomic mass is 10.1. The summed E-state index contributed by atoms with van der Waals surface area (Å²) in [6.07, 6.45) is 2.48. The minimum Gasteiger partial charge on any atom is -0.481 e. The zero-order chi connectivity index (χ0) is 13.0. The standard InChI is InChI=1S/C13H13NO3S/c1-18-11-5-2-9(3-6-11)12-8-10(14-17-12)4-7-13(15)16/h2-3,5-6,8H,4,7H2,1H3,(H,15,16). The van der Waals surface area contributed by atoms with E-state index in [0.29, 0.717) is 17.9 Å². The van der Waals surface area contributed by atoms with Crippen LogP contribution in [0.15, 0.2) is 39.8 Å². The average molecular weight is 263 g/mol. The van der Waals surface area contributed by atoms with Crippen LogP contribution >= 0.6 is 11.8 Å². The number of carbonyl (C=O) groups is 1. The highest BCUT2D eigenvalue weighted by Crippen LogP contribution is 2.23. The van der Waals surface area contributed by atoms with Crippen molar-refractivity contribution in [2.75, 3.05) is 6.26 Å². The Bertz CT molecular complexity index is 533. The van der Waals surface area contributed by atoms with Crippen molar-refractivity contribution in [3.63, 3.8) is 0 Å². The van der Waals surface area contributed by atoms with Crippen molar-refractivity contribution < 1.29 is 14.4 Å². The molecule has 0 saturated carbocycles. The molecule has 0 unspecified atom stereocenters. The zero-order valence-corrected chi connectivity index (χ0v) is 10.7. The quantitative estimate of drug-likeness (QED) is 0.840. The van der Waals surface area contributed by atoms with E-state index in [0.717, 1.165) is 5.56 Å². The maximum atomic E-state index is 10.5. The lowest BCUT2D eigenvalue weighted by molar-refractivity contribution is -0.136. The second-order valence-corrected chi connectivity index (χ2v) is 4.68. The highest BCUT2D eigenvalue weighted by Gasteiger charge is 2.08. The van der Waals surface area contributed by atoms with Gasteiger partial charge in [-0.15, -0.1) is 11.8 Å². The number of rotatable bonds is 5. The van der Waals surface area contributed by atoms with Crippen LogP contribution in [-0.2, 0) is 11.2 Å². The molecule has 1 aromatic carbocycles. The summed E-state index contributed by atoms with van der Waals surface area (Å²) in [5, 5.41) is 12.5. The molecular formula is C13H13NO3S. The van der Waals surface area contributed by atoms with Gasteiger partial charge in [0, 0.05) is 22.9 Å². The van der Waals surface area contributed by atoms with E-state index < -0.39 is 5.97 Å². The summed E-state index contributed by atoms with van der Waals surface area (Å²) in [5.41, 5.74) is 1.61. The van der Waals surface area contributed by atoms with Crippen LogP contribution in [0.4, 0.5) is 0 Å². The van der Waals surface area contributed by atoms with Gasteiger partial charge in [0.1, 0.15) is 0 Å². The van der Waals surface area contributed by atoms with Crippen LogP contribution in [0.25, 0.3) is 11.3 Å². The molecule has 0 atom stereocenters. The van der Waals surface area contributed by atoms with Gasteiger partial charge in [0.05, 0.1) is 12.1 Å². The van der Waals surface area contributed by atoms with Gasteiger partial charge in [0.2, 0.25) is 0 Å². The van der Waals surface area contributed by atoms with Crippen molar-refractivity contribution in [1.29, 1.82) is 0 Å². The molecule has 2 aromatic rings. The van der Waals surface area contributed by atoms with Gasteiger partial charge in [-0.2, -0.15) is 0 Å². The van der Waals surface area contributed by atoms with E-state index in [-0.39, 0.29) is 6.42 Å². The van der Waals surface area contributed by atoms with E-state index in [9.17, 15) is 4.79 Å². The first-order valence-corrected chi connectivity index (χ1v) is 6.73. The second kappa shape index (κ2) is 5.73. The molecule has 0 amide bonds. The number of hydrogen-bond acceptors (Lipinski definition) is 4. The molecule has 0 aliphatic carbocycles. The molecule has 1 heterocycles. The van der Waals surface area contributed by atoms with Crippen LogP contribution in [0.3, 0.4) is 0 Å². The summed E-state index contributed by atoms with van der Waals surface area (Å²) in [6, 6.07) is 9.75. The lowest BCUT2D eigenvalue weighted by Gasteiger charge is -1.97. The molecule has 5 heteroatoms. The highest BCUT2D eigenvalue weighted by atomic mass is 32.2. The number of thioether (sulfide) groups is 1. The molecule has 4 nitrogen and oxygen atoms in total. The van der Waals surface area contributed by atoms with Crippen LogP contribution < -0.4 is 0 Å². The Morgan fingerprint density at radius 3 is 2.72 bits per heavy atom. The van der Waals surface area contributed by atoms with E-state index in [1.807, 2.05) is 30.5 Å². The van der Waals surface area contributed by atoms with Crippen molar-refractivity contribution in [3.8, 4) is 11.3 Å². The summed E-state index contributed by atoms with van der Waals surface area (Å²) >= 11 is 1.68. The summed E-state index contributed by atoms with van der Waals surface area (Å²) < 4.78 is 5.21. The number of carboxylic acid groups (broad SMARTS) is 1. The van der Waals surface area contributed by atoms with E-state index in [1.165, 1.54) is 4.90 Å². The minimum atomic E-state index is -0.830. The van der Waals surface area contributed by atoms with Crippen LogP contribution in [0.2, 0.25) is 0 Å². The van der Waals surface area contributed by atoms with Crippen molar-refractivity contribution in [2.45, 2.75) is 17.7 Å². The molecule has 18 heavy (non-hydrogen) atoms. The van der Waals surface area contributed by atoms with Crippen molar-refractivity contribution in [3.05, 3.63) is 36.0 Å². The molecule has 0 aliphatic heterocycles. The van der Waals surface area contributed by atoms with E-state index in [2.05, 4.69) is 5.16 Å². The molecule has 0 radical (unpaired) electrons. The SMILES string of the molecule is CSc1ccc(-c2cc(CCC(=O)O)no2)cc1. The summed E-state index contributed by atoms with van der Waals surface area (Å²) in [7, 11) is 0. The molecule has 0 saturated heterocycles. The van der Waals surface area contributed by atoms with Gasteiger partial charge >= 0.3 is 5.97 Å². The lowest BCUT2D eigenvalue weighted by Crippen LogP contribution is -1.97. The number of nitrogens with zero attached hydrogens (tertiary/aromatic N) is 1. The Morgan fingerprint density at radius 1 is 1.39 bits per heavy atom. The molecular weight excluding hydrogens is 250 g/mol. The fourth-order valence-corrected chi connectivity index (χ4v) is 1.96. The Labute approximate surface area is 109 Å². The Kier molecular flexibility index (Phi) is 4.04. The van der Waals surface area contributed by atoms with Crippen molar-refractivity contribution in [1.82, 2.24) is 5.16 Å². The van der Waals surface area contributed by atoms with Gasteiger partial charge in [-0.1, -0.05) is 17.3 Å². The number of carboxylic acids is 1. The summed E-state index contributed by atoms with van der Waals surface area (Å²) in [5.74, 6) is -0.160. The van der Waals surface area contributed by atoms with Gasteiger partial charge in [-0.05, 0) is 18.4 Å². The fraction of sp³-hybridized carbons (Fsp3) is 0.231. The van der Waals surface area contributed by atoms with Gasteiger partial charge < -0.3 is 9.63 Å². The zero-order valence-electron chi connectivity index (χ0n) is 9.92. The van der Waals surface area contributed by atoms with E-state index in [1.54, 1.807) is 17.8 Å². The van der Waals surface area contributed by atoms with Gasteiger partial charge in [-0.3, -0.25) is 4.79 Å². The predicted octanol–water partition coefficient (Wildman–Crippen LogP) is 3.08. The first-order chi connectivity index (χ1) is 8.69. The largest absolute Gasteiger partial charge is 0.481 e. The van der Waals surface area contributed by atoms with Gasteiger partial charge in [-0.25, -0.2) is 0 Å². The maximum absolute atomic E-state index is 10.5. The predicted molar refractivity (Wildman–Crippen MR) is 69.7 cm³/mol. The molecule has 0 spiro atoms. The molecule has 2 rings (SSSR count). The average Bonchev–Trinajstić information content (AvgIpc) is 2.85.